The summed E-state index contributed by atoms with van der Waals surface area (Å²) in [6.07, 6.45) is 5.03. The summed E-state index contributed by atoms with van der Waals surface area (Å²) in [4.78, 5) is 75.0. The third-order valence-corrected chi connectivity index (χ3v) is 12.7. The van der Waals surface area contributed by atoms with Crippen molar-refractivity contribution in [3.05, 3.63) is 81.5 Å². The molecule has 17 heteroatoms. The molecule has 0 radical (unpaired) electrons. The highest BCUT2D eigenvalue weighted by Gasteiger charge is 2.53. The van der Waals surface area contributed by atoms with E-state index in [9.17, 15) is 24.0 Å². The van der Waals surface area contributed by atoms with Crippen LogP contribution in [-0.2, 0) is 9.59 Å². The van der Waals surface area contributed by atoms with Crippen LogP contribution in [0.15, 0.2) is 42.5 Å². The van der Waals surface area contributed by atoms with Gasteiger partial charge in [-0.15, -0.1) is 10.2 Å². The predicted molar refractivity (Wildman–Crippen MR) is 215 cm³/mol. The quantitative estimate of drug-likeness (QED) is 0.226. The molecule has 15 nitrogen and oxygen atoms in total. The highest BCUT2D eigenvalue weighted by Crippen LogP contribution is 2.37. The lowest BCUT2D eigenvalue weighted by molar-refractivity contribution is -0.140. The van der Waals surface area contributed by atoms with Crippen LogP contribution in [0.4, 0.5) is 21.6 Å². The minimum atomic E-state index is -1.54. The summed E-state index contributed by atoms with van der Waals surface area (Å²) >= 11 is 6.15. The molecular formula is C42H45ClFN9O6. The molecule has 3 aromatic rings. The van der Waals surface area contributed by atoms with Gasteiger partial charge in [0.1, 0.15) is 17.1 Å². The number of anilines is 2. The first-order chi connectivity index (χ1) is 28.4. The van der Waals surface area contributed by atoms with Gasteiger partial charge < -0.3 is 19.9 Å². The van der Waals surface area contributed by atoms with Crippen molar-refractivity contribution in [3.8, 4) is 5.75 Å². The topological polar surface area (TPSA) is 162 Å². The van der Waals surface area contributed by atoms with Crippen molar-refractivity contribution in [2.75, 3.05) is 55.6 Å². The second kappa shape index (κ2) is 16.5. The molecule has 2 aromatic carbocycles. The van der Waals surface area contributed by atoms with Crippen LogP contribution in [0.5, 0.6) is 5.75 Å². The molecule has 5 heterocycles. The zero-order chi connectivity index (χ0) is 41.4. The molecule has 1 saturated carbocycles. The lowest BCUT2D eigenvalue weighted by Gasteiger charge is -2.40. The lowest BCUT2D eigenvalue weighted by atomic mass is 9.89. The largest absolute Gasteiger partial charge is 0.490 e. The highest BCUT2D eigenvalue weighted by atomic mass is 35.5. The molecule has 5 amide bonds. The second-order valence-electron chi connectivity index (χ2n) is 16.2. The number of nitrogens with one attached hydrogen (secondary N) is 2. The molecule has 1 aromatic heterocycles. The monoisotopic (exact) mass is 825 g/mol. The summed E-state index contributed by atoms with van der Waals surface area (Å²) in [6, 6.07) is 11.2. The Morgan fingerprint density at radius 1 is 0.932 bits per heavy atom. The van der Waals surface area contributed by atoms with Crippen molar-refractivity contribution in [2.45, 2.75) is 76.0 Å². The number of imide groups is 2. The van der Waals surface area contributed by atoms with Crippen molar-refractivity contribution in [1.82, 2.24) is 30.6 Å². The smallest absolute Gasteiger partial charge is 0.272 e. The Kier molecular flexibility index (Phi) is 11.2. The van der Waals surface area contributed by atoms with E-state index in [1.807, 2.05) is 11.0 Å². The van der Waals surface area contributed by atoms with E-state index in [0.717, 1.165) is 74.9 Å². The van der Waals surface area contributed by atoms with Crippen LogP contribution in [0.2, 0.25) is 5.02 Å². The number of fused-ring (bicyclic) bond motifs is 1. The number of aromatic nitrogens is 2. The molecule has 5 aliphatic rings. The van der Waals surface area contributed by atoms with Gasteiger partial charge in [-0.1, -0.05) is 17.7 Å². The van der Waals surface area contributed by atoms with Gasteiger partial charge in [-0.05, 0) is 94.2 Å². The van der Waals surface area contributed by atoms with E-state index in [1.54, 1.807) is 24.3 Å². The Hall–Kier alpha value is -5.66. The summed E-state index contributed by atoms with van der Waals surface area (Å²) < 4.78 is 21.6. The molecule has 4 aliphatic heterocycles. The lowest BCUT2D eigenvalue weighted by Crippen LogP contribution is -2.62. The van der Waals surface area contributed by atoms with Crippen molar-refractivity contribution in [2.24, 2.45) is 5.92 Å². The van der Waals surface area contributed by atoms with Gasteiger partial charge in [0.2, 0.25) is 11.6 Å². The number of piperidine rings is 2. The first-order valence-corrected chi connectivity index (χ1v) is 20.5. The number of ether oxygens (including phenoxy) is 1. The second-order valence-corrected chi connectivity index (χ2v) is 16.6. The van der Waals surface area contributed by atoms with Crippen LogP contribution in [0.25, 0.3) is 4.85 Å². The number of piperazine rings is 1. The minimum Gasteiger partial charge on any atom is -0.490 e. The normalized spacial score (nSPS) is 24.1. The highest BCUT2D eigenvalue weighted by molar-refractivity contribution is 6.33. The van der Waals surface area contributed by atoms with Gasteiger partial charge in [-0.25, -0.2) is 9.24 Å². The first-order valence-electron chi connectivity index (χ1n) is 20.2. The third kappa shape index (κ3) is 8.18. The number of nitrogens with zero attached hydrogens (tertiary/aromatic N) is 7. The minimum absolute atomic E-state index is 0.00272. The number of carbonyl (C=O) groups is 5. The third-order valence-electron chi connectivity index (χ3n) is 12.4. The molecular weight excluding hydrogens is 781 g/mol. The van der Waals surface area contributed by atoms with Gasteiger partial charge >= 0.3 is 0 Å². The van der Waals surface area contributed by atoms with Crippen LogP contribution in [0.3, 0.4) is 0 Å². The number of hydrogen-bond donors (Lipinski definition) is 2. The summed E-state index contributed by atoms with van der Waals surface area (Å²) in [5.74, 6) is -1.59. The summed E-state index contributed by atoms with van der Waals surface area (Å²) in [7, 11) is 0. The summed E-state index contributed by atoms with van der Waals surface area (Å²) in [5, 5.41) is 14.3. The van der Waals surface area contributed by atoms with E-state index in [2.05, 4.69) is 35.5 Å². The predicted octanol–water partition coefficient (Wildman–Crippen LogP) is 4.77. The van der Waals surface area contributed by atoms with Crippen LogP contribution in [0, 0.1) is 18.3 Å². The average Bonchev–Trinajstić information content (AvgIpc) is 3.48. The van der Waals surface area contributed by atoms with E-state index in [0.29, 0.717) is 48.6 Å². The fraction of sp³-hybridized carbons (Fsp3) is 0.476. The van der Waals surface area contributed by atoms with Crippen molar-refractivity contribution >= 4 is 58.3 Å². The van der Waals surface area contributed by atoms with Crippen LogP contribution in [-0.4, -0.2) is 113 Å². The maximum atomic E-state index is 15.5. The zero-order valence-corrected chi connectivity index (χ0v) is 33.5. The number of benzene rings is 2. The fourth-order valence-electron chi connectivity index (χ4n) is 8.87. The Bertz CT molecular complexity index is 2210. The van der Waals surface area contributed by atoms with E-state index in [4.69, 9.17) is 22.9 Å². The Morgan fingerprint density at radius 2 is 1.64 bits per heavy atom. The standard InChI is InChI=1S/C42H45ClFN9O6/c1-42(14-11-37(54)47-41(42)58)53-39(56)29-22-32(44)35(23-30(29)40(53)57)51-19-17-50(18-20-51)24-25-12-15-52(16-13-25)36-10-9-34(48-49-36)38(55)46-26-3-5-27(6-4-26)59-28-7-8-33(45-2)31(43)21-28/h7-10,21-23,25-27H,3-6,11-20,24H2,1H3,(H,46,55)(H,47,54,58). The van der Waals surface area contributed by atoms with E-state index >= 15 is 4.39 Å². The van der Waals surface area contributed by atoms with Gasteiger partial charge in [-0.2, -0.15) is 0 Å². The molecule has 2 N–H and O–H groups in total. The van der Waals surface area contributed by atoms with Gasteiger partial charge in [0.05, 0.1) is 34.5 Å². The molecule has 59 heavy (non-hydrogen) atoms. The first kappa shape index (κ1) is 40.1. The molecule has 0 bridgehead atoms. The van der Waals surface area contributed by atoms with E-state index in [1.165, 1.54) is 13.0 Å². The molecule has 4 fully saturated rings. The van der Waals surface area contributed by atoms with Gasteiger partial charge in [0, 0.05) is 58.3 Å². The molecule has 8 rings (SSSR count). The molecule has 1 unspecified atom stereocenters. The number of halogens is 2. The number of carbonyl (C=O) groups excluding carboxylic acids is 5. The number of hydrogen-bond acceptors (Lipinski definition) is 11. The van der Waals surface area contributed by atoms with Gasteiger partial charge in [0.25, 0.3) is 23.6 Å². The Morgan fingerprint density at radius 3 is 2.29 bits per heavy atom. The maximum absolute atomic E-state index is 15.5. The summed E-state index contributed by atoms with van der Waals surface area (Å²) in [5.41, 5.74) is -0.641. The van der Waals surface area contributed by atoms with Crippen molar-refractivity contribution < 1.29 is 33.1 Å². The van der Waals surface area contributed by atoms with Crippen LogP contribution >= 0.6 is 11.6 Å². The SMILES string of the molecule is [C-]#[N+]c1ccc(OC2CCC(NC(=O)c3ccc(N4CCC(CN5CCN(c6cc7c(cc6F)C(=O)N(C6(C)CCC(=O)NC6=O)C7=O)CC5)CC4)nn3)CC2)cc1Cl. The maximum Gasteiger partial charge on any atom is 0.272 e. The van der Waals surface area contributed by atoms with Gasteiger partial charge in [-0.3, -0.25) is 39.1 Å². The number of rotatable bonds is 9. The molecule has 0 spiro atoms. The average molecular weight is 826 g/mol. The van der Waals surface area contributed by atoms with E-state index < -0.39 is 35.0 Å². The van der Waals surface area contributed by atoms with Crippen LogP contribution < -0.4 is 25.2 Å². The summed E-state index contributed by atoms with van der Waals surface area (Å²) in [6.45, 7) is 13.6. The van der Waals surface area contributed by atoms with Gasteiger partial charge in [0.15, 0.2) is 11.5 Å². The Balaban J connectivity index is 0.770. The van der Waals surface area contributed by atoms with Crippen LogP contribution in [0.1, 0.15) is 89.5 Å². The molecule has 1 atom stereocenters. The fourth-order valence-corrected chi connectivity index (χ4v) is 9.08. The number of amides is 5. The molecule has 1 aliphatic carbocycles. The Labute approximate surface area is 346 Å². The zero-order valence-electron chi connectivity index (χ0n) is 32.7. The molecule has 3 saturated heterocycles. The van der Waals surface area contributed by atoms with Crippen molar-refractivity contribution in [1.29, 1.82) is 0 Å². The molecule has 308 valence electrons. The van der Waals surface area contributed by atoms with Crippen molar-refractivity contribution in [3.63, 3.8) is 0 Å². The van der Waals surface area contributed by atoms with E-state index in [-0.39, 0.29) is 53.4 Å².